The Morgan fingerprint density at radius 1 is 1.14 bits per heavy atom. The van der Waals surface area contributed by atoms with E-state index in [9.17, 15) is 13.2 Å². The first-order valence-electron chi connectivity index (χ1n) is 9.05. The van der Waals surface area contributed by atoms with Crippen molar-refractivity contribution >= 4 is 49.7 Å². The second-order valence-electron chi connectivity index (χ2n) is 6.86. The molecule has 3 aromatic rings. The molecule has 0 fully saturated rings. The third kappa shape index (κ3) is 4.02. The summed E-state index contributed by atoms with van der Waals surface area (Å²) in [6.45, 7) is 0.111. The van der Waals surface area contributed by atoms with Gasteiger partial charge in [-0.1, -0.05) is 48.0 Å². The predicted molar refractivity (Wildman–Crippen MR) is 115 cm³/mol. The molecule has 1 atom stereocenters. The van der Waals surface area contributed by atoms with Crippen LogP contribution in [0.3, 0.4) is 0 Å². The van der Waals surface area contributed by atoms with Crippen LogP contribution in [0.15, 0.2) is 60.7 Å². The second kappa shape index (κ2) is 7.57. The molecule has 1 N–H and O–H groups in total. The Hall–Kier alpha value is -2.77. The van der Waals surface area contributed by atoms with Crippen LogP contribution in [0, 0.1) is 0 Å². The molecule has 29 heavy (non-hydrogen) atoms. The van der Waals surface area contributed by atoms with Crippen molar-refractivity contribution in [1.29, 1.82) is 0 Å². The summed E-state index contributed by atoms with van der Waals surface area (Å²) in [6, 6.07) is 18.1. The van der Waals surface area contributed by atoms with Crippen molar-refractivity contribution in [2.45, 2.75) is 12.5 Å². The van der Waals surface area contributed by atoms with Crippen molar-refractivity contribution in [3.63, 3.8) is 0 Å². The average Bonchev–Trinajstić information content (AvgIpc) is 2.87. The van der Waals surface area contributed by atoms with Gasteiger partial charge in [0.1, 0.15) is 5.75 Å². The van der Waals surface area contributed by atoms with E-state index in [1.807, 2.05) is 42.5 Å². The molecule has 6 nitrogen and oxygen atoms in total. The Kier molecular flexibility index (Phi) is 5.10. The summed E-state index contributed by atoms with van der Waals surface area (Å²) in [5.74, 6) is -0.0343. The summed E-state index contributed by atoms with van der Waals surface area (Å²) >= 11 is 6.05. The lowest BCUT2D eigenvalue weighted by Gasteiger charge is -2.21. The number of benzene rings is 3. The van der Waals surface area contributed by atoms with Crippen molar-refractivity contribution in [2.24, 2.45) is 0 Å². The number of hydrogen-bond donors (Lipinski definition) is 1. The Balaban J connectivity index is 1.64. The van der Waals surface area contributed by atoms with Crippen LogP contribution in [0.2, 0.25) is 5.02 Å². The fourth-order valence-corrected chi connectivity index (χ4v) is 4.53. The first-order valence-corrected chi connectivity index (χ1v) is 11.3. The fourth-order valence-electron chi connectivity index (χ4n) is 3.43. The third-order valence-corrected chi connectivity index (χ3v) is 6.21. The van der Waals surface area contributed by atoms with Gasteiger partial charge in [0, 0.05) is 29.1 Å². The van der Waals surface area contributed by atoms with E-state index >= 15 is 0 Å². The Labute approximate surface area is 174 Å². The summed E-state index contributed by atoms with van der Waals surface area (Å²) in [5, 5.41) is 5.24. The number of hydrogen-bond acceptors (Lipinski definition) is 4. The molecular weight excluding hydrogens is 412 g/mol. The SMILES string of the molecule is CS(=O)(=O)N1CCC(C(=O)Nc2cccc3ccccc23)Oc2ccc(Cl)cc21. The molecule has 0 aromatic heterocycles. The zero-order chi connectivity index (χ0) is 20.6. The summed E-state index contributed by atoms with van der Waals surface area (Å²) in [6.07, 6.45) is 0.477. The number of sulfonamides is 1. The van der Waals surface area contributed by atoms with Crippen LogP contribution in [0.5, 0.6) is 5.75 Å². The van der Waals surface area contributed by atoms with Gasteiger partial charge in [-0.15, -0.1) is 0 Å². The standard InChI is InChI=1S/C21H19ClN2O4S/c1-29(26,27)24-12-11-20(28-19-10-9-15(22)13-18(19)24)21(25)23-17-8-4-6-14-5-2-3-7-16(14)17/h2-10,13,20H,11-12H2,1H3,(H,23,25). The summed E-state index contributed by atoms with van der Waals surface area (Å²) in [4.78, 5) is 13.0. The molecule has 150 valence electrons. The highest BCUT2D eigenvalue weighted by Gasteiger charge is 2.31. The van der Waals surface area contributed by atoms with Gasteiger partial charge in [-0.05, 0) is 29.7 Å². The van der Waals surface area contributed by atoms with Gasteiger partial charge in [-0.25, -0.2) is 8.42 Å². The maximum atomic E-state index is 13.0. The molecule has 0 bridgehead atoms. The number of rotatable bonds is 3. The van der Waals surface area contributed by atoms with E-state index in [4.69, 9.17) is 16.3 Å². The van der Waals surface area contributed by atoms with Crippen molar-refractivity contribution in [2.75, 3.05) is 22.4 Å². The summed E-state index contributed by atoms with van der Waals surface area (Å²) < 4.78 is 31.6. The molecule has 1 aliphatic rings. The molecule has 0 aliphatic carbocycles. The number of amides is 1. The van der Waals surface area contributed by atoms with Crippen molar-refractivity contribution in [3.05, 3.63) is 65.7 Å². The first kappa shape index (κ1) is 19.5. The summed E-state index contributed by atoms with van der Waals surface area (Å²) in [7, 11) is -3.55. The minimum atomic E-state index is -3.55. The molecule has 8 heteroatoms. The maximum absolute atomic E-state index is 13.0. The van der Waals surface area contributed by atoms with E-state index in [2.05, 4.69) is 5.32 Å². The Morgan fingerprint density at radius 2 is 1.90 bits per heavy atom. The fraction of sp³-hybridized carbons (Fsp3) is 0.190. The maximum Gasteiger partial charge on any atom is 0.265 e. The van der Waals surface area contributed by atoms with Gasteiger partial charge in [-0.3, -0.25) is 9.10 Å². The van der Waals surface area contributed by atoms with Gasteiger partial charge < -0.3 is 10.1 Å². The van der Waals surface area contributed by atoms with E-state index in [-0.39, 0.29) is 18.9 Å². The molecule has 0 spiro atoms. The number of nitrogens with zero attached hydrogens (tertiary/aromatic N) is 1. The quantitative estimate of drug-likeness (QED) is 0.680. The van der Waals surface area contributed by atoms with Gasteiger partial charge in [0.05, 0.1) is 11.9 Å². The van der Waals surface area contributed by atoms with Crippen LogP contribution in [-0.2, 0) is 14.8 Å². The summed E-state index contributed by atoms with van der Waals surface area (Å²) in [5.41, 5.74) is 1.01. The molecule has 0 radical (unpaired) electrons. The van der Waals surface area contributed by atoms with Crippen LogP contribution in [-0.4, -0.2) is 33.2 Å². The van der Waals surface area contributed by atoms with Crippen molar-refractivity contribution < 1.29 is 17.9 Å². The van der Waals surface area contributed by atoms with Crippen molar-refractivity contribution in [1.82, 2.24) is 0 Å². The van der Waals surface area contributed by atoms with Gasteiger partial charge in [0.2, 0.25) is 10.0 Å². The molecular formula is C21H19ClN2O4S. The number of carbonyl (C=O) groups is 1. The molecule has 1 heterocycles. The number of anilines is 2. The minimum absolute atomic E-state index is 0.111. The molecule has 0 saturated heterocycles. The molecule has 4 rings (SSSR count). The lowest BCUT2D eigenvalue weighted by Crippen LogP contribution is -2.36. The van der Waals surface area contributed by atoms with Crippen LogP contribution in [0.1, 0.15) is 6.42 Å². The zero-order valence-corrected chi connectivity index (χ0v) is 17.2. The Morgan fingerprint density at radius 3 is 2.69 bits per heavy atom. The normalized spacial score (nSPS) is 16.6. The molecule has 1 aliphatic heterocycles. The smallest absolute Gasteiger partial charge is 0.265 e. The first-order chi connectivity index (χ1) is 13.8. The number of ether oxygens (including phenoxy) is 1. The zero-order valence-electron chi connectivity index (χ0n) is 15.6. The van der Waals surface area contributed by atoms with Gasteiger partial charge in [0.15, 0.2) is 6.10 Å². The molecule has 1 amide bonds. The largest absolute Gasteiger partial charge is 0.478 e. The second-order valence-corrected chi connectivity index (χ2v) is 9.20. The molecule has 1 unspecified atom stereocenters. The van der Waals surface area contributed by atoms with Crippen molar-refractivity contribution in [3.8, 4) is 5.75 Å². The topological polar surface area (TPSA) is 75.7 Å². The highest BCUT2D eigenvalue weighted by atomic mass is 35.5. The monoisotopic (exact) mass is 430 g/mol. The third-order valence-electron chi connectivity index (χ3n) is 4.79. The number of carbonyl (C=O) groups excluding carboxylic acids is 1. The number of fused-ring (bicyclic) bond motifs is 2. The number of nitrogens with one attached hydrogen (secondary N) is 1. The predicted octanol–water partition coefficient (Wildman–Crippen LogP) is 4.05. The van der Waals surface area contributed by atoms with Gasteiger partial charge in [0.25, 0.3) is 5.91 Å². The highest BCUT2D eigenvalue weighted by Crippen LogP contribution is 2.36. The van der Waals surface area contributed by atoms with Crippen LogP contribution < -0.4 is 14.4 Å². The lowest BCUT2D eigenvalue weighted by atomic mass is 10.1. The molecule has 0 saturated carbocycles. The van der Waals surface area contributed by atoms with Gasteiger partial charge >= 0.3 is 0 Å². The van der Waals surface area contributed by atoms with Crippen LogP contribution in [0.25, 0.3) is 10.8 Å². The van der Waals surface area contributed by atoms with E-state index in [0.717, 1.165) is 17.0 Å². The van der Waals surface area contributed by atoms with E-state index < -0.39 is 16.1 Å². The lowest BCUT2D eigenvalue weighted by molar-refractivity contribution is -0.122. The van der Waals surface area contributed by atoms with E-state index in [0.29, 0.717) is 22.1 Å². The van der Waals surface area contributed by atoms with E-state index in [1.165, 1.54) is 10.4 Å². The molecule has 3 aromatic carbocycles. The van der Waals surface area contributed by atoms with Gasteiger partial charge in [-0.2, -0.15) is 0 Å². The average molecular weight is 431 g/mol. The number of halogens is 1. The van der Waals surface area contributed by atoms with Crippen LogP contribution >= 0.6 is 11.6 Å². The minimum Gasteiger partial charge on any atom is -0.478 e. The van der Waals surface area contributed by atoms with Crippen LogP contribution in [0.4, 0.5) is 11.4 Å². The Bertz CT molecular complexity index is 1190. The highest BCUT2D eigenvalue weighted by molar-refractivity contribution is 7.92. The van der Waals surface area contributed by atoms with E-state index in [1.54, 1.807) is 12.1 Å².